The number of hydrogen-bond donors (Lipinski definition) is 1. The number of hydrogen-bond acceptors (Lipinski definition) is 9. The molecular weight excluding hydrogens is 384 g/mol. The molecular formula is C17H22N6O2S2. The normalized spacial score (nSPS) is 15.7. The fraction of sp³-hybridized carbons (Fsp3) is 0.529. The third-order valence-corrected chi connectivity index (χ3v) is 6.75. The lowest BCUT2D eigenvalue weighted by molar-refractivity contribution is 0.179. The number of methoxy groups -OCH3 is 1. The van der Waals surface area contributed by atoms with E-state index in [0.29, 0.717) is 13.2 Å². The minimum atomic E-state index is -0.0324. The molecule has 0 aliphatic carbocycles. The second-order valence-electron chi connectivity index (χ2n) is 6.67. The zero-order valence-corrected chi connectivity index (χ0v) is 17.2. The molecule has 0 bridgehead atoms. The molecule has 0 saturated carbocycles. The van der Waals surface area contributed by atoms with E-state index < -0.39 is 0 Å². The number of anilines is 1. The highest BCUT2D eigenvalue weighted by Crippen LogP contribution is 2.26. The van der Waals surface area contributed by atoms with Gasteiger partial charge in [-0.2, -0.15) is 4.37 Å². The summed E-state index contributed by atoms with van der Waals surface area (Å²) in [5.74, 6) is 1.47. The van der Waals surface area contributed by atoms with Crippen LogP contribution in [0.25, 0.3) is 10.2 Å². The van der Waals surface area contributed by atoms with Gasteiger partial charge < -0.3 is 14.6 Å². The number of thiophene rings is 1. The summed E-state index contributed by atoms with van der Waals surface area (Å²) >= 11 is 3.01. The molecule has 1 fully saturated rings. The molecule has 1 N–H and O–H groups in total. The minimum absolute atomic E-state index is 0.0324. The van der Waals surface area contributed by atoms with Crippen LogP contribution in [0.4, 0.5) is 5.13 Å². The molecule has 0 radical (unpaired) electrons. The number of H-pyrrole nitrogens is 1. The van der Waals surface area contributed by atoms with Gasteiger partial charge >= 0.3 is 0 Å². The number of nitrogens with zero attached hydrogens (tertiary/aromatic N) is 5. The maximum atomic E-state index is 12.4. The van der Waals surface area contributed by atoms with Gasteiger partial charge in [0.25, 0.3) is 5.56 Å². The predicted octanol–water partition coefficient (Wildman–Crippen LogP) is 1.92. The van der Waals surface area contributed by atoms with E-state index in [4.69, 9.17) is 4.74 Å². The number of ether oxygens (including phenoxy) is 1. The molecule has 0 aromatic carbocycles. The molecule has 1 saturated heterocycles. The monoisotopic (exact) mass is 406 g/mol. The van der Waals surface area contributed by atoms with Gasteiger partial charge in [0.15, 0.2) is 5.82 Å². The Morgan fingerprint density at radius 1 is 1.19 bits per heavy atom. The molecule has 3 aromatic rings. The largest absolute Gasteiger partial charge is 0.377 e. The Balaban J connectivity index is 1.41. The summed E-state index contributed by atoms with van der Waals surface area (Å²) in [6.07, 6.45) is 0. The topological polar surface area (TPSA) is 87.2 Å². The summed E-state index contributed by atoms with van der Waals surface area (Å²) < 4.78 is 9.40. The van der Waals surface area contributed by atoms with Crippen molar-refractivity contribution in [1.82, 2.24) is 24.2 Å². The fourth-order valence-corrected chi connectivity index (χ4v) is 5.02. The Morgan fingerprint density at radius 3 is 2.70 bits per heavy atom. The van der Waals surface area contributed by atoms with Crippen LogP contribution >= 0.6 is 22.9 Å². The van der Waals surface area contributed by atoms with Gasteiger partial charge in [-0.3, -0.25) is 9.69 Å². The van der Waals surface area contributed by atoms with Gasteiger partial charge in [0, 0.05) is 49.7 Å². The first kappa shape index (κ1) is 18.5. The van der Waals surface area contributed by atoms with Crippen molar-refractivity contribution in [3.05, 3.63) is 32.4 Å². The highest BCUT2D eigenvalue weighted by Gasteiger charge is 2.21. The Kier molecular flexibility index (Phi) is 5.22. The number of piperazine rings is 1. The quantitative estimate of drug-likeness (QED) is 0.693. The van der Waals surface area contributed by atoms with Crippen LogP contribution in [-0.4, -0.2) is 57.5 Å². The standard InChI is InChI=1S/C17H22N6O2S2/c1-10-11(2)26-16-14(10)15(24)18-12(19-16)8-22-4-6-23(7-5-22)17-20-13(9-25-3)21-27-17/h4-9H2,1-3H3,(H,18,19,24). The first-order valence-corrected chi connectivity index (χ1v) is 10.4. The lowest BCUT2D eigenvalue weighted by atomic mass is 10.2. The van der Waals surface area contributed by atoms with Gasteiger partial charge in [-0.25, -0.2) is 9.97 Å². The van der Waals surface area contributed by atoms with Crippen LogP contribution in [0.3, 0.4) is 0 Å². The summed E-state index contributed by atoms with van der Waals surface area (Å²) in [6.45, 7) is 8.66. The van der Waals surface area contributed by atoms with Crippen molar-refractivity contribution in [3.63, 3.8) is 0 Å². The smallest absolute Gasteiger partial charge is 0.259 e. The number of nitrogens with one attached hydrogen (secondary N) is 1. The summed E-state index contributed by atoms with van der Waals surface area (Å²) in [4.78, 5) is 31.1. The number of aromatic nitrogens is 4. The fourth-order valence-electron chi connectivity index (χ4n) is 3.24. The predicted molar refractivity (Wildman–Crippen MR) is 108 cm³/mol. The summed E-state index contributed by atoms with van der Waals surface area (Å²) in [6, 6.07) is 0. The van der Waals surface area contributed by atoms with Crippen LogP contribution < -0.4 is 10.5 Å². The Labute approximate surface area is 165 Å². The second kappa shape index (κ2) is 7.63. The van der Waals surface area contributed by atoms with E-state index >= 15 is 0 Å². The Hall–Kier alpha value is -1.88. The van der Waals surface area contributed by atoms with Crippen molar-refractivity contribution in [2.75, 3.05) is 38.2 Å². The van der Waals surface area contributed by atoms with Gasteiger partial charge in [-0.15, -0.1) is 11.3 Å². The van der Waals surface area contributed by atoms with E-state index in [2.05, 4.69) is 29.1 Å². The number of fused-ring (bicyclic) bond motifs is 1. The summed E-state index contributed by atoms with van der Waals surface area (Å²) in [7, 11) is 1.65. The molecule has 8 nitrogen and oxygen atoms in total. The molecule has 4 rings (SSSR count). The first-order chi connectivity index (χ1) is 13.0. The van der Waals surface area contributed by atoms with Gasteiger partial charge in [-0.1, -0.05) is 0 Å². The average Bonchev–Trinajstić information content (AvgIpc) is 3.21. The molecule has 0 atom stereocenters. The van der Waals surface area contributed by atoms with Crippen molar-refractivity contribution in [1.29, 1.82) is 0 Å². The zero-order valence-electron chi connectivity index (χ0n) is 15.6. The van der Waals surface area contributed by atoms with Crippen LogP contribution in [0.2, 0.25) is 0 Å². The SMILES string of the molecule is COCc1nsc(N2CCN(Cc3nc4sc(C)c(C)c4c(=O)[nH]3)CC2)n1. The number of aryl methyl sites for hydroxylation is 2. The molecule has 1 aliphatic rings. The van der Waals surface area contributed by atoms with E-state index in [1.54, 1.807) is 18.4 Å². The van der Waals surface area contributed by atoms with Crippen molar-refractivity contribution >= 4 is 38.2 Å². The molecule has 3 aromatic heterocycles. The third-order valence-electron chi connectivity index (χ3n) is 4.84. The van der Waals surface area contributed by atoms with Gasteiger partial charge in [0.1, 0.15) is 17.3 Å². The van der Waals surface area contributed by atoms with Crippen molar-refractivity contribution in [2.24, 2.45) is 0 Å². The maximum Gasteiger partial charge on any atom is 0.259 e. The highest BCUT2D eigenvalue weighted by atomic mass is 32.1. The molecule has 0 spiro atoms. The molecule has 4 heterocycles. The van der Waals surface area contributed by atoms with Crippen LogP contribution in [0.15, 0.2) is 4.79 Å². The molecule has 27 heavy (non-hydrogen) atoms. The lowest BCUT2D eigenvalue weighted by Crippen LogP contribution is -2.46. The Morgan fingerprint density at radius 2 is 1.96 bits per heavy atom. The Bertz CT molecular complexity index is 1000. The van der Waals surface area contributed by atoms with Crippen molar-refractivity contribution in [3.8, 4) is 0 Å². The maximum absolute atomic E-state index is 12.4. The molecule has 0 amide bonds. The van der Waals surface area contributed by atoms with Crippen LogP contribution in [0.1, 0.15) is 22.1 Å². The zero-order chi connectivity index (χ0) is 19.0. The lowest BCUT2D eigenvalue weighted by Gasteiger charge is -2.33. The van der Waals surface area contributed by atoms with Crippen LogP contribution in [0, 0.1) is 13.8 Å². The van der Waals surface area contributed by atoms with Crippen LogP contribution in [0.5, 0.6) is 0 Å². The van der Waals surface area contributed by atoms with E-state index in [1.165, 1.54) is 11.5 Å². The summed E-state index contributed by atoms with van der Waals surface area (Å²) in [5, 5.41) is 1.67. The average molecular weight is 407 g/mol. The number of rotatable bonds is 5. The van der Waals surface area contributed by atoms with Crippen LogP contribution in [-0.2, 0) is 17.9 Å². The molecule has 10 heteroatoms. The first-order valence-electron chi connectivity index (χ1n) is 8.83. The molecule has 0 unspecified atom stereocenters. The summed E-state index contributed by atoms with van der Waals surface area (Å²) in [5.41, 5.74) is 1.00. The highest BCUT2D eigenvalue weighted by molar-refractivity contribution is 7.18. The van der Waals surface area contributed by atoms with E-state index in [9.17, 15) is 4.79 Å². The van der Waals surface area contributed by atoms with Gasteiger partial charge in [-0.05, 0) is 19.4 Å². The molecule has 144 valence electrons. The van der Waals surface area contributed by atoms with E-state index in [1.807, 2.05) is 13.8 Å². The minimum Gasteiger partial charge on any atom is -0.377 e. The van der Waals surface area contributed by atoms with Crippen molar-refractivity contribution in [2.45, 2.75) is 27.0 Å². The number of aromatic amines is 1. The van der Waals surface area contributed by atoms with Gasteiger partial charge in [0.05, 0.1) is 11.9 Å². The van der Waals surface area contributed by atoms with Crippen molar-refractivity contribution < 1.29 is 4.74 Å². The van der Waals surface area contributed by atoms with E-state index in [-0.39, 0.29) is 5.56 Å². The van der Waals surface area contributed by atoms with Gasteiger partial charge in [0.2, 0.25) is 5.13 Å². The van der Waals surface area contributed by atoms with E-state index in [0.717, 1.165) is 63.6 Å². The molecule has 1 aliphatic heterocycles. The third kappa shape index (κ3) is 3.75. The second-order valence-corrected chi connectivity index (χ2v) is 8.60.